The van der Waals surface area contributed by atoms with Crippen LogP contribution in [0.1, 0.15) is 51.9 Å². The van der Waals surface area contributed by atoms with Gasteiger partial charge in [0.2, 0.25) is 0 Å². The predicted molar refractivity (Wildman–Crippen MR) is 66.4 cm³/mol. The summed E-state index contributed by atoms with van der Waals surface area (Å²) < 4.78 is 0. The van der Waals surface area contributed by atoms with E-state index >= 15 is 0 Å². The molecule has 17 heavy (non-hydrogen) atoms. The van der Waals surface area contributed by atoms with Gasteiger partial charge < -0.3 is 10.2 Å². The zero-order valence-electron chi connectivity index (χ0n) is 10.9. The number of nitrogens with zero attached hydrogens (tertiary/aromatic N) is 1. The van der Waals surface area contributed by atoms with Gasteiger partial charge in [-0.05, 0) is 51.0 Å². The SMILES string of the molecule is CC(O)(O)C12CCCN1CC1CCCCCC12. The van der Waals surface area contributed by atoms with E-state index < -0.39 is 5.79 Å². The van der Waals surface area contributed by atoms with E-state index in [1.807, 2.05) is 0 Å². The van der Waals surface area contributed by atoms with Crippen LogP contribution >= 0.6 is 0 Å². The number of hydrogen-bond acceptors (Lipinski definition) is 3. The fraction of sp³-hybridized carbons (Fsp3) is 1.00. The average molecular weight is 239 g/mol. The molecular formula is C14H25NO2. The maximum atomic E-state index is 10.3. The van der Waals surface area contributed by atoms with Gasteiger partial charge in [-0.3, -0.25) is 4.90 Å². The summed E-state index contributed by atoms with van der Waals surface area (Å²) in [5, 5.41) is 20.6. The van der Waals surface area contributed by atoms with E-state index in [2.05, 4.69) is 4.90 Å². The molecule has 3 aliphatic rings. The Hall–Kier alpha value is -0.120. The van der Waals surface area contributed by atoms with E-state index in [0.29, 0.717) is 11.8 Å². The highest BCUT2D eigenvalue weighted by molar-refractivity contribution is 5.13. The number of aliphatic hydroxyl groups is 2. The van der Waals surface area contributed by atoms with Gasteiger partial charge in [0.05, 0.1) is 5.54 Å². The second kappa shape index (κ2) is 3.94. The van der Waals surface area contributed by atoms with Crippen molar-refractivity contribution in [3.63, 3.8) is 0 Å². The number of fused-ring (bicyclic) bond motifs is 3. The van der Waals surface area contributed by atoms with Crippen LogP contribution in [0.25, 0.3) is 0 Å². The monoisotopic (exact) mass is 239 g/mol. The highest BCUT2D eigenvalue weighted by Crippen LogP contribution is 2.54. The van der Waals surface area contributed by atoms with E-state index in [4.69, 9.17) is 0 Å². The fourth-order valence-electron chi connectivity index (χ4n) is 4.97. The van der Waals surface area contributed by atoms with Gasteiger partial charge in [0.25, 0.3) is 0 Å². The van der Waals surface area contributed by atoms with Crippen LogP contribution < -0.4 is 0 Å². The highest BCUT2D eigenvalue weighted by atomic mass is 16.5. The van der Waals surface area contributed by atoms with Crippen molar-refractivity contribution >= 4 is 0 Å². The molecular weight excluding hydrogens is 214 g/mol. The van der Waals surface area contributed by atoms with Gasteiger partial charge >= 0.3 is 0 Å². The van der Waals surface area contributed by atoms with Crippen LogP contribution in [-0.4, -0.2) is 39.5 Å². The first-order chi connectivity index (χ1) is 8.06. The van der Waals surface area contributed by atoms with E-state index in [-0.39, 0.29) is 5.54 Å². The summed E-state index contributed by atoms with van der Waals surface area (Å²) in [6.07, 6.45) is 8.51. The largest absolute Gasteiger partial charge is 0.364 e. The summed E-state index contributed by atoms with van der Waals surface area (Å²) in [5.74, 6) is -0.322. The predicted octanol–water partition coefficient (Wildman–Crippen LogP) is 1.73. The van der Waals surface area contributed by atoms with E-state index in [0.717, 1.165) is 25.9 Å². The molecule has 2 heterocycles. The summed E-state index contributed by atoms with van der Waals surface area (Å²) in [7, 11) is 0. The van der Waals surface area contributed by atoms with Gasteiger partial charge in [0.1, 0.15) is 0 Å². The van der Waals surface area contributed by atoms with Crippen molar-refractivity contribution in [2.75, 3.05) is 13.1 Å². The normalized spacial score (nSPS) is 43.2. The minimum atomic E-state index is -1.53. The van der Waals surface area contributed by atoms with Crippen LogP contribution in [0.3, 0.4) is 0 Å². The molecule has 98 valence electrons. The van der Waals surface area contributed by atoms with Crippen molar-refractivity contribution < 1.29 is 10.2 Å². The molecule has 0 aromatic carbocycles. The molecule has 2 saturated heterocycles. The molecule has 3 unspecified atom stereocenters. The van der Waals surface area contributed by atoms with Gasteiger partial charge in [0.15, 0.2) is 5.79 Å². The Morgan fingerprint density at radius 1 is 1.12 bits per heavy atom. The lowest BCUT2D eigenvalue weighted by Crippen LogP contribution is -2.60. The van der Waals surface area contributed by atoms with Crippen LogP contribution in [0.2, 0.25) is 0 Å². The van der Waals surface area contributed by atoms with E-state index in [1.54, 1.807) is 6.92 Å². The van der Waals surface area contributed by atoms with Gasteiger partial charge in [-0.25, -0.2) is 0 Å². The summed E-state index contributed by atoms with van der Waals surface area (Å²) >= 11 is 0. The van der Waals surface area contributed by atoms with Crippen molar-refractivity contribution in [1.29, 1.82) is 0 Å². The first kappa shape index (κ1) is 11.9. The maximum Gasteiger partial charge on any atom is 0.178 e. The molecule has 0 radical (unpaired) electrons. The van der Waals surface area contributed by atoms with Crippen molar-refractivity contribution in [2.45, 2.75) is 63.2 Å². The molecule has 3 heteroatoms. The molecule has 0 aromatic heterocycles. The third kappa shape index (κ3) is 1.59. The van der Waals surface area contributed by atoms with Crippen LogP contribution in [0.5, 0.6) is 0 Å². The average Bonchev–Trinajstić information content (AvgIpc) is 2.68. The molecule has 1 saturated carbocycles. The topological polar surface area (TPSA) is 43.7 Å². The number of hydrogen-bond donors (Lipinski definition) is 2. The van der Waals surface area contributed by atoms with Crippen LogP contribution in [0.15, 0.2) is 0 Å². The van der Waals surface area contributed by atoms with Gasteiger partial charge in [-0.15, -0.1) is 0 Å². The summed E-state index contributed by atoms with van der Waals surface area (Å²) in [4.78, 5) is 2.40. The second-order valence-corrected chi connectivity index (χ2v) is 6.50. The van der Waals surface area contributed by atoms with Crippen molar-refractivity contribution in [2.24, 2.45) is 11.8 Å². The molecule has 2 aliphatic heterocycles. The lowest BCUT2D eigenvalue weighted by atomic mass is 9.71. The molecule has 3 fully saturated rings. The van der Waals surface area contributed by atoms with E-state index in [9.17, 15) is 10.2 Å². The zero-order valence-corrected chi connectivity index (χ0v) is 10.9. The molecule has 2 N–H and O–H groups in total. The second-order valence-electron chi connectivity index (χ2n) is 6.50. The Balaban J connectivity index is 1.96. The quantitative estimate of drug-likeness (QED) is 0.685. The van der Waals surface area contributed by atoms with Crippen molar-refractivity contribution in [1.82, 2.24) is 4.90 Å². The smallest absolute Gasteiger partial charge is 0.178 e. The molecule has 3 rings (SSSR count). The molecule has 3 nitrogen and oxygen atoms in total. The minimum absolute atomic E-state index is 0.331. The standard InChI is InChI=1S/C14H25NO2/c1-13(16,17)14-8-5-9-15(14)10-11-6-3-2-4-7-12(11)14/h11-12,16-17H,2-10H2,1H3. The number of rotatable bonds is 1. The summed E-state index contributed by atoms with van der Waals surface area (Å²) in [5.41, 5.74) is -0.331. The first-order valence-electron chi connectivity index (χ1n) is 7.25. The molecule has 1 aliphatic carbocycles. The highest BCUT2D eigenvalue weighted by Gasteiger charge is 2.63. The molecule has 0 spiro atoms. The Morgan fingerprint density at radius 3 is 2.65 bits per heavy atom. The first-order valence-corrected chi connectivity index (χ1v) is 7.25. The Kier molecular flexibility index (Phi) is 2.77. The van der Waals surface area contributed by atoms with E-state index in [1.165, 1.54) is 32.1 Å². The molecule has 3 atom stereocenters. The van der Waals surface area contributed by atoms with Crippen molar-refractivity contribution in [3.05, 3.63) is 0 Å². The lowest BCUT2D eigenvalue weighted by molar-refractivity contribution is -0.234. The third-order valence-electron chi connectivity index (χ3n) is 5.60. The lowest BCUT2D eigenvalue weighted by Gasteiger charge is -2.45. The Bertz CT molecular complexity index is 299. The van der Waals surface area contributed by atoms with Crippen LogP contribution in [-0.2, 0) is 0 Å². The third-order valence-corrected chi connectivity index (χ3v) is 5.60. The Morgan fingerprint density at radius 2 is 1.88 bits per heavy atom. The molecule has 0 amide bonds. The summed E-state index contributed by atoms with van der Waals surface area (Å²) in [6, 6.07) is 0. The zero-order chi connectivity index (χ0) is 12.1. The minimum Gasteiger partial charge on any atom is -0.364 e. The molecule has 0 bridgehead atoms. The fourth-order valence-corrected chi connectivity index (χ4v) is 4.97. The van der Waals surface area contributed by atoms with Crippen LogP contribution in [0, 0.1) is 11.8 Å². The van der Waals surface area contributed by atoms with Gasteiger partial charge in [0, 0.05) is 6.54 Å². The van der Waals surface area contributed by atoms with Gasteiger partial charge in [-0.1, -0.05) is 19.3 Å². The van der Waals surface area contributed by atoms with Gasteiger partial charge in [-0.2, -0.15) is 0 Å². The van der Waals surface area contributed by atoms with Crippen LogP contribution in [0.4, 0.5) is 0 Å². The van der Waals surface area contributed by atoms with Crippen molar-refractivity contribution in [3.8, 4) is 0 Å². The molecule has 0 aromatic rings. The Labute approximate surface area is 104 Å². The maximum absolute atomic E-state index is 10.3. The summed E-state index contributed by atoms with van der Waals surface area (Å²) in [6.45, 7) is 3.77.